The minimum atomic E-state index is -0.394. The molecule has 1 spiro atoms. The smallest absolute Gasteiger partial charge is 0.193 e. The Morgan fingerprint density at radius 3 is 2.63 bits per heavy atom. The van der Waals surface area contributed by atoms with E-state index in [0.29, 0.717) is 36.3 Å². The molecule has 1 aromatic carbocycles. The molecule has 0 radical (unpaired) electrons. The molecule has 2 aliphatic rings. The lowest BCUT2D eigenvalue weighted by molar-refractivity contribution is -0.174. The summed E-state index contributed by atoms with van der Waals surface area (Å²) in [6.07, 6.45) is 6.74. The normalized spacial score (nSPS) is 22.0. The van der Waals surface area contributed by atoms with E-state index < -0.39 is 5.79 Å². The fraction of sp³-hybridized carbons (Fsp3) is 0.632. The number of hydrogen-bond donors (Lipinski definition) is 2. The van der Waals surface area contributed by atoms with Gasteiger partial charge in [-0.25, -0.2) is 0 Å². The van der Waals surface area contributed by atoms with Crippen molar-refractivity contribution in [3.05, 3.63) is 18.2 Å². The minimum absolute atomic E-state index is 0. The molecule has 1 aliphatic heterocycles. The second kappa shape index (κ2) is 10.3. The van der Waals surface area contributed by atoms with Gasteiger partial charge in [0.2, 0.25) is 0 Å². The Balaban J connectivity index is 0.00000261. The number of aliphatic imine (C=N–C) groups is 1. The zero-order valence-electron chi connectivity index (χ0n) is 16.0. The molecule has 2 fully saturated rings. The van der Waals surface area contributed by atoms with Crippen LogP contribution in [0.4, 0.5) is 5.69 Å². The maximum atomic E-state index is 6.19. The molecule has 1 saturated carbocycles. The highest BCUT2D eigenvalue weighted by Crippen LogP contribution is 2.36. The van der Waals surface area contributed by atoms with Crippen molar-refractivity contribution in [2.24, 2.45) is 10.7 Å². The van der Waals surface area contributed by atoms with E-state index in [1.165, 1.54) is 12.8 Å². The molecule has 1 aromatic rings. The van der Waals surface area contributed by atoms with E-state index in [0.717, 1.165) is 25.7 Å². The van der Waals surface area contributed by atoms with Crippen molar-refractivity contribution in [1.82, 2.24) is 0 Å². The van der Waals surface area contributed by atoms with Gasteiger partial charge in [-0.05, 0) is 25.0 Å². The van der Waals surface area contributed by atoms with Crippen molar-refractivity contribution in [3.63, 3.8) is 0 Å². The quantitative estimate of drug-likeness (QED) is 0.373. The number of anilines is 1. The summed E-state index contributed by atoms with van der Waals surface area (Å²) in [5.41, 5.74) is 6.75. The summed E-state index contributed by atoms with van der Waals surface area (Å²) in [7, 11) is 3.22. The van der Waals surface area contributed by atoms with Gasteiger partial charge >= 0.3 is 0 Å². The van der Waals surface area contributed by atoms with Crippen LogP contribution in [0.3, 0.4) is 0 Å². The molecule has 1 atom stereocenters. The third-order valence-corrected chi connectivity index (χ3v) is 4.91. The Bertz CT molecular complexity index is 633. The first kappa shape index (κ1) is 22.0. The molecule has 8 heteroatoms. The van der Waals surface area contributed by atoms with E-state index in [-0.39, 0.29) is 30.1 Å². The second-order valence-corrected chi connectivity index (χ2v) is 6.79. The molecule has 1 unspecified atom stereocenters. The first-order chi connectivity index (χ1) is 12.6. The van der Waals surface area contributed by atoms with Crippen molar-refractivity contribution in [3.8, 4) is 11.5 Å². The number of ether oxygens (including phenoxy) is 4. The molecule has 3 N–H and O–H groups in total. The van der Waals surface area contributed by atoms with Crippen molar-refractivity contribution >= 4 is 35.6 Å². The van der Waals surface area contributed by atoms with E-state index in [1.54, 1.807) is 14.2 Å². The number of methoxy groups -OCH3 is 2. The van der Waals surface area contributed by atoms with Gasteiger partial charge in [0.15, 0.2) is 11.7 Å². The van der Waals surface area contributed by atoms with Crippen LogP contribution < -0.4 is 20.5 Å². The van der Waals surface area contributed by atoms with Gasteiger partial charge in [-0.2, -0.15) is 0 Å². The van der Waals surface area contributed by atoms with E-state index in [1.807, 2.05) is 18.2 Å². The summed E-state index contributed by atoms with van der Waals surface area (Å²) in [6.45, 7) is 1.03. The molecule has 0 amide bonds. The van der Waals surface area contributed by atoms with Crippen LogP contribution in [-0.2, 0) is 9.47 Å². The van der Waals surface area contributed by atoms with Crippen molar-refractivity contribution in [1.29, 1.82) is 0 Å². The summed E-state index contributed by atoms with van der Waals surface area (Å²) >= 11 is 0. The number of rotatable bonds is 5. The molecule has 0 aromatic heterocycles. The lowest BCUT2D eigenvalue weighted by atomic mass is 10.1. The van der Waals surface area contributed by atoms with Gasteiger partial charge in [0.05, 0.1) is 33.1 Å². The fourth-order valence-electron chi connectivity index (χ4n) is 3.53. The van der Waals surface area contributed by atoms with Crippen LogP contribution >= 0.6 is 24.0 Å². The third kappa shape index (κ3) is 5.86. The number of halogens is 1. The Morgan fingerprint density at radius 2 is 1.96 bits per heavy atom. The predicted molar refractivity (Wildman–Crippen MR) is 116 cm³/mol. The maximum Gasteiger partial charge on any atom is 0.193 e. The van der Waals surface area contributed by atoms with Crippen LogP contribution in [0.2, 0.25) is 0 Å². The highest BCUT2D eigenvalue weighted by atomic mass is 127. The molecule has 1 heterocycles. The van der Waals surface area contributed by atoms with E-state index in [4.69, 9.17) is 24.7 Å². The number of nitrogens with two attached hydrogens (primary N) is 1. The zero-order valence-corrected chi connectivity index (χ0v) is 18.4. The highest BCUT2D eigenvalue weighted by molar-refractivity contribution is 14.0. The Labute approximate surface area is 178 Å². The molecule has 152 valence electrons. The average Bonchev–Trinajstić information content (AvgIpc) is 2.91. The van der Waals surface area contributed by atoms with Crippen LogP contribution in [-0.4, -0.2) is 45.2 Å². The van der Waals surface area contributed by atoms with E-state index in [2.05, 4.69) is 10.3 Å². The van der Waals surface area contributed by atoms with Crippen LogP contribution in [0, 0.1) is 0 Å². The Kier molecular flexibility index (Phi) is 8.43. The van der Waals surface area contributed by atoms with Crippen LogP contribution in [0.5, 0.6) is 11.5 Å². The molecule has 0 bridgehead atoms. The lowest BCUT2D eigenvalue weighted by Crippen LogP contribution is -2.31. The van der Waals surface area contributed by atoms with Gasteiger partial charge in [-0.1, -0.05) is 12.8 Å². The van der Waals surface area contributed by atoms with E-state index in [9.17, 15) is 0 Å². The largest absolute Gasteiger partial charge is 0.497 e. The Hall–Kier alpha value is -1.26. The SMILES string of the molecule is COc1ccc(OC)c(NC(N)=NCC2COC3(CCCCCC3)O2)c1.I. The van der Waals surface area contributed by atoms with Gasteiger partial charge in [0.1, 0.15) is 17.6 Å². The van der Waals surface area contributed by atoms with Gasteiger partial charge in [0, 0.05) is 18.9 Å². The number of nitrogens with one attached hydrogen (secondary N) is 1. The van der Waals surface area contributed by atoms with E-state index >= 15 is 0 Å². The molecular weight excluding hydrogens is 461 g/mol. The second-order valence-electron chi connectivity index (χ2n) is 6.79. The summed E-state index contributed by atoms with van der Waals surface area (Å²) in [5, 5.41) is 3.07. The van der Waals surface area contributed by atoms with Crippen molar-refractivity contribution in [2.45, 2.75) is 50.4 Å². The van der Waals surface area contributed by atoms with Gasteiger partial charge in [-0.15, -0.1) is 24.0 Å². The molecule has 1 aliphatic carbocycles. The topological polar surface area (TPSA) is 87.3 Å². The molecule has 7 nitrogen and oxygen atoms in total. The Morgan fingerprint density at radius 1 is 1.22 bits per heavy atom. The van der Waals surface area contributed by atoms with Gasteiger partial charge in [-0.3, -0.25) is 4.99 Å². The monoisotopic (exact) mass is 491 g/mol. The van der Waals surface area contributed by atoms with Crippen molar-refractivity contribution in [2.75, 3.05) is 32.7 Å². The summed E-state index contributed by atoms with van der Waals surface area (Å²) < 4.78 is 22.8. The standard InChI is InChI=1S/C19H29N3O4.HI/c1-23-14-7-8-17(24-2)16(11-14)22-18(20)21-12-15-13-25-19(26-15)9-5-3-4-6-10-19;/h7-8,11,15H,3-6,9-10,12-13H2,1-2H3,(H3,20,21,22);1H. The lowest BCUT2D eigenvalue weighted by Gasteiger charge is -2.26. The predicted octanol–water partition coefficient (Wildman–Crippen LogP) is 3.51. The molecule has 27 heavy (non-hydrogen) atoms. The first-order valence-electron chi connectivity index (χ1n) is 9.25. The van der Waals surface area contributed by atoms with Crippen LogP contribution in [0.15, 0.2) is 23.2 Å². The maximum absolute atomic E-state index is 6.19. The van der Waals surface area contributed by atoms with Crippen LogP contribution in [0.1, 0.15) is 38.5 Å². The first-order valence-corrected chi connectivity index (χ1v) is 9.25. The summed E-state index contributed by atoms with van der Waals surface area (Å²) in [6, 6.07) is 5.46. The molecule has 3 rings (SSSR count). The van der Waals surface area contributed by atoms with Crippen LogP contribution in [0.25, 0.3) is 0 Å². The molecule has 1 saturated heterocycles. The number of hydrogen-bond acceptors (Lipinski definition) is 5. The zero-order chi connectivity index (χ0) is 18.4. The van der Waals surface area contributed by atoms with Gasteiger partial charge < -0.3 is 30.0 Å². The van der Waals surface area contributed by atoms with Crippen molar-refractivity contribution < 1.29 is 18.9 Å². The average molecular weight is 491 g/mol. The fourth-order valence-corrected chi connectivity index (χ4v) is 3.53. The third-order valence-electron chi connectivity index (χ3n) is 4.91. The molecular formula is C19H30IN3O4. The number of nitrogens with zero attached hydrogens (tertiary/aromatic N) is 1. The van der Waals surface area contributed by atoms with Gasteiger partial charge in [0.25, 0.3) is 0 Å². The number of benzene rings is 1. The summed E-state index contributed by atoms with van der Waals surface area (Å²) in [5.74, 6) is 1.29. The highest BCUT2D eigenvalue weighted by Gasteiger charge is 2.41. The minimum Gasteiger partial charge on any atom is -0.497 e. The number of guanidine groups is 1. The summed E-state index contributed by atoms with van der Waals surface area (Å²) in [4.78, 5) is 4.42.